The number of ether oxygens (including phenoxy) is 1. The van der Waals surface area contributed by atoms with Gasteiger partial charge >= 0.3 is 0 Å². The minimum atomic E-state index is 0.509. The number of aromatic nitrogens is 5. The summed E-state index contributed by atoms with van der Waals surface area (Å²) in [4.78, 5) is 9.14. The minimum absolute atomic E-state index is 0.509. The third kappa shape index (κ3) is 2.19. The quantitative estimate of drug-likeness (QED) is 0.565. The van der Waals surface area contributed by atoms with Gasteiger partial charge in [-0.25, -0.2) is 4.98 Å². The summed E-state index contributed by atoms with van der Waals surface area (Å²) in [6, 6.07) is 11.1. The van der Waals surface area contributed by atoms with Crippen LogP contribution in [0, 0.1) is 6.92 Å². The van der Waals surface area contributed by atoms with Crippen molar-refractivity contribution in [2.24, 2.45) is 0 Å². The molecular weight excluding hydrogens is 314 g/mol. The van der Waals surface area contributed by atoms with E-state index in [1.54, 1.807) is 13.2 Å². The van der Waals surface area contributed by atoms with Crippen LogP contribution in [0.3, 0.4) is 0 Å². The number of benzene rings is 1. The molecule has 0 aliphatic rings. The van der Waals surface area contributed by atoms with Gasteiger partial charge in [0.25, 0.3) is 0 Å². The van der Waals surface area contributed by atoms with Crippen LogP contribution in [0.2, 0.25) is 5.02 Å². The van der Waals surface area contributed by atoms with E-state index in [9.17, 15) is 0 Å². The highest BCUT2D eigenvalue weighted by Gasteiger charge is 2.16. The van der Waals surface area contributed by atoms with E-state index >= 15 is 0 Å². The SMILES string of the molecule is COc1ccc2nnc3c(C)nc(-c4cccc(Cl)c4)n3c2n1. The van der Waals surface area contributed by atoms with E-state index in [4.69, 9.17) is 16.3 Å². The molecule has 6 nitrogen and oxygen atoms in total. The molecule has 0 aliphatic carbocycles. The number of aryl methyl sites for hydroxylation is 1. The fraction of sp³-hybridized carbons (Fsp3) is 0.125. The van der Waals surface area contributed by atoms with Crippen molar-refractivity contribution in [2.45, 2.75) is 6.92 Å². The Bertz CT molecular complexity index is 1040. The fourth-order valence-electron chi connectivity index (χ4n) is 2.54. The van der Waals surface area contributed by atoms with Gasteiger partial charge in [-0.1, -0.05) is 23.7 Å². The Kier molecular flexibility index (Phi) is 3.12. The molecule has 0 spiro atoms. The Morgan fingerprint density at radius 2 is 1.91 bits per heavy atom. The lowest BCUT2D eigenvalue weighted by Crippen LogP contribution is -2.00. The maximum absolute atomic E-state index is 6.12. The zero-order valence-electron chi connectivity index (χ0n) is 12.5. The van der Waals surface area contributed by atoms with Crippen molar-refractivity contribution < 1.29 is 4.74 Å². The molecule has 7 heteroatoms. The first-order chi connectivity index (χ1) is 11.2. The van der Waals surface area contributed by atoms with Crippen LogP contribution < -0.4 is 4.74 Å². The van der Waals surface area contributed by atoms with Crippen LogP contribution in [0.1, 0.15) is 5.69 Å². The summed E-state index contributed by atoms with van der Waals surface area (Å²) in [5.74, 6) is 1.23. The van der Waals surface area contributed by atoms with E-state index in [0.29, 0.717) is 27.7 Å². The van der Waals surface area contributed by atoms with Crippen LogP contribution in [-0.4, -0.2) is 31.7 Å². The Balaban J connectivity index is 2.14. The van der Waals surface area contributed by atoms with E-state index in [1.165, 1.54) is 0 Å². The average Bonchev–Trinajstić information content (AvgIpc) is 2.92. The number of imidazole rings is 1. The maximum atomic E-state index is 6.12. The van der Waals surface area contributed by atoms with Gasteiger partial charge in [0, 0.05) is 16.7 Å². The van der Waals surface area contributed by atoms with E-state index < -0.39 is 0 Å². The zero-order chi connectivity index (χ0) is 16.0. The Morgan fingerprint density at radius 3 is 2.70 bits per heavy atom. The maximum Gasteiger partial charge on any atom is 0.215 e. The second kappa shape index (κ2) is 5.17. The standard InChI is InChI=1S/C16H12ClN5O/c1-9-14-21-20-12-6-7-13(23-2)19-16(12)22(14)15(18-9)10-4-3-5-11(17)8-10/h3-8H,1-2H3. The molecule has 0 unspecified atom stereocenters. The van der Waals surface area contributed by atoms with Crippen LogP contribution in [0.25, 0.3) is 28.2 Å². The molecule has 0 saturated carbocycles. The summed E-state index contributed by atoms with van der Waals surface area (Å²) in [5.41, 5.74) is 3.63. The summed E-state index contributed by atoms with van der Waals surface area (Å²) in [6.07, 6.45) is 0. The van der Waals surface area contributed by atoms with Crippen LogP contribution in [0.4, 0.5) is 0 Å². The monoisotopic (exact) mass is 325 g/mol. The number of rotatable bonds is 2. The average molecular weight is 326 g/mol. The summed E-state index contributed by atoms with van der Waals surface area (Å²) < 4.78 is 7.11. The molecule has 3 aromatic heterocycles. The lowest BCUT2D eigenvalue weighted by molar-refractivity contribution is 0.399. The van der Waals surface area contributed by atoms with Crippen molar-refractivity contribution >= 4 is 28.4 Å². The van der Waals surface area contributed by atoms with E-state index in [-0.39, 0.29) is 0 Å². The van der Waals surface area contributed by atoms with Gasteiger partial charge in [-0.05, 0) is 25.1 Å². The number of hydrogen-bond acceptors (Lipinski definition) is 5. The van der Waals surface area contributed by atoms with Crippen molar-refractivity contribution in [3.05, 3.63) is 47.1 Å². The minimum Gasteiger partial charge on any atom is -0.481 e. The number of methoxy groups -OCH3 is 1. The van der Waals surface area contributed by atoms with Gasteiger partial charge in [0.1, 0.15) is 11.3 Å². The second-order valence-corrected chi connectivity index (χ2v) is 5.52. The molecular formula is C16H12ClN5O. The third-order valence-electron chi connectivity index (χ3n) is 3.61. The van der Waals surface area contributed by atoms with Gasteiger partial charge in [-0.2, -0.15) is 4.98 Å². The molecule has 4 rings (SSSR count). The first kappa shape index (κ1) is 13.9. The van der Waals surface area contributed by atoms with Gasteiger partial charge < -0.3 is 4.74 Å². The van der Waals surface area contributed by atoms with Gasteiger partial charge in [0.2, 0.25) is 5.88 Å². The molecule has 114 valence electrons. The largest absolute Gasteiger partial charge is 0.481 e. The summed E-state index contributed by atoms with van der Waals surface area (Å²) in [5, 5.41) is 9.13. The Labute approximate surface area is 136 Å². The topological polar surface area (TPSA) is 65.2 Å². The van der Waals surface area contributed by atoms with Crippen molar-refractivity contribution in [3.63, 3.8) is 0 Å². The molecule has 0 radical (unpaired) electrons. The van der Waals surface area contributed by atoms with E-state index in [1.807, 2.05) is 41.7 Å². The molecule has 0 saturated heterocycles. The van der Waals surface area contributed by atoms with Gasteiger partial charge in [-0.3, -0.25) is 4.40 Å². The third-order valence-corrected chi connectivity index (χ3v) is 3.84. The zero-order valence-corrected chi connectivity index (χ0v) is 13.2. The number of nitrogens with zero attached hydrogens (tertiary/aromatic N) is 5. The van der Waals surface area contributed by atoms with Gasteiger partial charge in [0.05, 0.1) is 12.8 Å². The second-order valence-electron chi connectivity index (χ2n) is 5.09. The van der Waals surface area contributed by atoms with Crippen LogP contribution in [0.15, 0.2) is 36.4 Å². The molecule has 3 heterocycles. The van der Waals surface area contributed by atoms with Crippen molar-refractivity contribution in [2.75, 3.05) is 7.11 Å². The molecule has 0 bridgehead atoms. The molecule has 1 aromatic carbocycles. The van der Waals surface area contributed by atoms with E-state index in [0.717, 1.165) is 17.1 Å². The molecule has 0 aliphatic heterocycles. The highest BCUT2D eigenvalue weighted by atomic mass is 35.5. The summed E-state index contributed by atoms with van der Waals surface area (Å²) in [6.45, 7) is 1.89. The van der Waals surface area contributed by atoms with Crippen LogP contribution in [0.5, 0.6) is 5.88 Å². The smallest absolute Gasteiger partial charge is 0.215 e. The number of halogens is 1. The Hall–Kier alpha value is -2.73. The van der Waals surface area contributed by atoms with Crippen molar-refractivity contribution in [1.29, 1.82) is 0 Å². The predicted octanol–water partition coefficient (Wildman–Crippen LogP) is 3.31. The normalized spacial score (nSPS) is 11.3. The highest BCUT2D eigenvalue weighted by Crippen LogP contribution is 2.26. The molecule has 0 fully saturated rings. The molecule has 0 amide bonds. The first-order valence-electron chi connectivity index (χ1n) is 7.00. The fourth-order valence-corrected chi connectivity index (χ4v) is 2.73. The molecule has 0 N–H and O–H groups in total. The highest BCUT2D eigenvalue weighted by molar-refractivity contribution is 6.30. The van der Waals surface area contributed by atoms with Gasteiger partial charge in [0.15, 0.2) is 11.3 Å². The lowest BCUT2D eigenvalue weighted by atomic mass is 10.2. The first-order valence-corrected chi connectivity index (χ1v) is 7.37. The Morgan fingerprint density at radius 1 is 1.04 bits per heavy atom. The number of hydrogen-bond donors (Lipinski definition) is 0. The lowest BCUT2D eigenvalue weighted by Gasteiger charge is -2.06. The van der Waals surface area contributed by atoms with Crippen LogP contribution in [-0.2, 0) is 0 Å². The summed E-state index contributed by atoms with van der Waals surface area (Å²) in [7, 11) is 1.58. The predicted molar refractivity (Wildman–Crippen MR) is 87.8 cm³/mol. The van der Waals surface area contributed by atoms with Crippen molar-refractivity contribution in [3.8, 4) is 17.3 Å². The molecule has 0 atom stereocenters. The molecule has 4 aromatic rings. The van der Waals surface area contributed by atoms with Gasteiger partial charge in [-0.15, -0.1) is 10.2 Å². The summed E-state index contributed by atoms with van der Waals surface area (Å²) >= 11 is 6.12. The van der Waals surface area contributed by atoms with E-state index in [2.05, 4.69) is 20.2 Å². The number of pyridine rings is 1. The van der Waals surface area contributed by atoms with Crippen LogP contribution >= 0.6 is 11.6 Å². The van der Waals surface area contributed by atoms with Crippen molar-refractivity contribution in [1.82, 2.24) is 24.6 Å². The number of fused-ring (bicyclic) bond motifs is 3. The molecule has 23 heavy (non-hydrogen) atoms.